The van der Waals surface area contributed by atoms with Crippen LogP contribution in [0.25, 0.3) is 0 Å². The number of aliphatic hydroxyl groups is 2. The predicted molar refractivity (Wildman–Crippen MR) is 94.2 cm³/mol. The molecule has 2 N–H and O–H groups in total. The van der Waals surface area contributed by atoms with Gasteiger partial charge >= 0.3 is 0 Å². The Labute approximate surface area is 149 Å². The molecule has 0 amide bonds. The maximum absolute atomic E-state index is 13.3. The van der Waals surface area contributed by atoms with Crippen molar-refractivity contribution in [1.82, 2.24) is 4.31 Å². The molecule has 1 heterocycles. The molecular formula is C18H27NO5S. The van der Waals surface area contributed by atoms with Crippen LogP contribution in [0.2, 0.25) is 0 Å². The molecule has 0 spiro atoms. The molecule has 4 atom stereocenters. The molecule has 0 bridgehead atoms. The normalized spacial score (nSPS) is 30.3. The van der Waals surface area contributed by atoms with Gasteiger partial charge in [-0.2, -0.15) is 4.31 Å². The van der Waals surface area contributed by atoms with E-state index in [2.05, 4.69) is 0 Å². The maximum atomic E-state index is 13.3. The highest BCUT2D eigenvalue weighted by Gasteiger charge is 2.45. The fraction of sp³-hybridized carbons (Fsp3) is 0.667. The first-order valence-electron chi connectivity index (χ1n) is 8.67. The fourth-order valence-electron chi connectivity index (χ4n) is 4.32. The van der Waals surface area contributed by atoms with Gasteiger partial charge in [0.25, 0.3) is 0 Å². The van der Waals surface area contributed by atoms with Gasteiger partial charge in [0.15, 0.2) is 0 Å². The summed E-state index contributed by atoms with van der Waals surface area (Å²) in [7, 11) is -2.05. The third-order valence-corrected chi connectivity index (χ3v) is 7.99. The van der Waals surface area contributed by atoms with Crippen LogP contribution in [-0.4, -0.2) is 55.3 Å². The van der Waals surface area contributed by atoms with Crippen LogP contribution in [0.3, 0.4) is 0 Å². The van der Waals surface area contributed by atoms with Crippen molar-refractivity contribution < 1.29 is 23.4 Å². The number of aliphatic hydroxyl groups excluding tert-OH is 2. The average Bonchev–Trinajstić information content (AvgIpc) is 2.94. The molecule has 2 aliphatic rings. The first-order chi connectivity index (χ1) is 11.7. The lowest BCUT2D eigenvalue weighted by atomic mass is 9.79. The molecule has 1 aromatic rings. The zero-order valence-corrected chi connectivity index (χ0v) is 16.0. The third kappa shape index (κ3) is 3.07. The van der Waals surface area contributed by atoms with Crippen molar-refractivity contribution in [3.63, 3.8) is 0 Å². The van der Waals surface area contributed by atoms with Crippen molar-refractivity contribution >= 4 is 10.0 Å². The number of rotatable bonds is 3. The molecule has 7 heteroatoms. The summed E-state index contributed by atoms with van der Waals surface area (Å²) in [5.74, 6) is 0.900. The van der Waals surface area contributed by atoms with E-state index in [-0.39, 0.29) is 11.8 Å². The minimum Gasteiger partial charge on any atom is -0.496 e. The second-order valence-corrected chi connectivity index (χ2v) is 9.30. The number of methoxy groups -OCH3 is 1. The van der Waals surface area contributed by atoms with Gasteiger partial charge in [-0.1, -0.05) is 0 Å². The van der Waals surface area contributed by atoms with E-state index in [4.69, 9.17) is 4.74 Å². The lowest BCUT2D eigenvalue weighted by molar-refractivity contribution is -0.0372. The summed E-state index contributed by atoms with van der Waals surface area (Å²) in [5, 5.41) is 19.8. The summed E-state index contributed by atoms with van der Waals surface area (Å²) >= 11 is 0. The Kier molecular flexibility index (Phi) is 4.87. The van der Waals surface area contributed by atoms with E-state index >= 15 is 0 Å². The average molecular weight is 369 g/mol. The van der Waals surface area contributed by atoms with Crippen LogP contribution in [0, 0.1) is 32.6 Å². The van der Waals surface area contributed by atoms with Gasteiger partial charge in [0.2, 0.25) is 10.0 Å². The zero-order chi connectivity index (χ0) is 18.5. The first kappa shape index (κ1) is 18.6. The van der Waals surface area contributed by atoms with Gasteiger partial charge < -0.3 is 14.9 Å². The van der Waals surface area contributed by atoms with Crippen molar-refractivity contribution in [2.24, 2.45) is 11.8 Å². The number of hydrogen-bond donors (Lipinski definition) is 2. The minimum atomic E-state index is -3.63. The number of aryl methyl sites for hydroxylation is 1. The van der Waals surface area contributed by atoms with Crippen LogP contribution in [0.4, 0.5) is 0 Å². The molecule has 1 aliphatic heterocycles. The highest BCUT2D eigenvalue weighted by Crippen LogP contribution is 2.40. The molecule has 25 heavy (non-hydrogen) atoms. The lowest BCUT2D eigenvalue weighted by Gasteiger charge is -2.31. The van der Waals surface area contributed by atoms with Gasteiger partial charge in [0.05, 0.1) is 24.2 Å². The Hall–Kier alpha value is -1.15. The lowest BCUT2D eigenvalue weighted by Crippen LogP contribution is -2.38. The summed E-state index contributed by atoms with van der Waals surface area (Å²) < 4.78 is 33.4. The van der Waals surface area contributed by atoms with Crippen molar-refractivity contribution in [2.75, 3.05) is 20.2 Å². The Bertz CT molecular complexity index is 758. The molecule has 1 aromatic carbocycles. The van der Waals surface area contributed by atoms with Crippen LogP contribution in [0.5, 0.6) is 5.75 Å². The maximum Gasteiger partial charge on any atom is 0.243 e. The van der Waals surface area contributed by atoms with E-state index in [1.807, 2.05) is 13.8 Å². The molecule has 0 radical (unpaired) electrons. The summed E-state index contributed by atoms with van der Waals surface area (Å²) in [6.07, 6.45) is -0.597. The molecule has 0 aromatic heterocycles. The number of ether oxygens (including phenoxy) is 1. The standard InChI is InChI=1S/C18H27NO5S/c1-10-5-17(24-4)11(2)12(3)18(10)25(22,23)19-8-13-6-15(20)16(21)7-14(13)9-19/h5,13-16,20-21H,6-9H2,1-4H3/t13-,14+,15-,16-/m0/s1. The molecule has 0 unspecified atom stereocenters. The molecule has 1 aliphatic carbocycles. The summed E-state index contributed by atoms with van der Waals surface area (Å²) in [6, 6.07) is 1.77. The second-order valence-electron chi connectivity index (χ2n) is 7.42. The highest BCUT2D eigenvalue weighted by molar-refractivity contribution is 7.89. The predicted octanol–water partition coefficient (Wildman–Crippen LogP) is 1.37. The highest BCUT2D eigenvalue weighted by atomic mass is 32.2. The Morgan fingerprint density at radius 3 is 2.04 bits per heavy atom. The van der Waals surface area contributed by atoms with Crippen LogP contribution in [0.15, 0.2) is 11.0 Å². The van der Waals surface area contributed by atoms with Crippen molar-refractivity contribution in [3.05, 3.63) is 22.8 Å². The number of sulfonamides is 1. The number of hydrogen-bond acceptors (Lipinski definition) is 5. The van der Waals surface area contributed by atoms with Crippen molar-refractivity contribution in [3.8, 4) is 5.75 Å². The number of fused-ring (bicyclic) bond motifs is 1. The topological polar surface area (TPSA) is 87.1 Å². The van der Waals surface area contributed by atoms with Crippen LogP contribution < -0.4 is 4.74 Å². The molecule has 140 valence electrons. The van der Waals surface area contributed by atoms with Gasteiger partial charge in [-0.25, -0.2) is 8.42 Å². The monoisotopic (exact) mass is 369 g/mol. The molecule has 6 nitrogen and oxygen atoms in total. The first-order valence-corrected chi connectivity index (χ1v) is 10.1. The van der Waals surface area contributed by atoms with E-state index in [0.717, 1.165) is 5.56 Å². The van der Waals surface area contributed by atoms with Crippen LogP contribution in [0.1, 0.15) is 29.5 Å². The molecular weight excluding hydrogens is 342 g/mol. The Balaban J connectivity index is 1.95. The SMILES string of the molecule is COc1cc(C)c(S(=O)(=O)N2C[C@H]3C[C@H](O)[C@@H](O)C[C@H]3C2)c(C)c1C. The van der Waals surface area contributed by atoms with E-state index < -0.39 is 22.2 Å². The van der Waals surface area contributed by atoms with Crippen molar-refractivity contribution in [1.29, 1.82) is 0 Å². The van der Waals surface area contributed by atoms with Gasteiger partial charge in [-0.15, -0.1) is 0 Å². The fourth-order valence-corrected chi connectivity index (χ4v) is 6.36. The summed E-state index contributed by atoms with van der Waals surface area (Å²) in [5.41, 5.74) is 2.22. The Morgan fingerprint density at radius 1 is 1.04 bits per heavy atom. The third-order valence-electron chi connectivity index (χ3n) is 5.87. The van der Waals surface area contributed by atoms with Crippen molar-refractivity contribution in [2.45, 2.75) is 50.7 Å². The summed E-state index contributed by atoms with van der Waals surface area (Å²) in [4.78, 5) is 0.352. The van der Waals surface area contributed by atoms with E-state index in [1.54, 1.807) is 20.1 Å². The van der Waals surface area contributed by atoms with Gasteiger partial charge in [0, 0.05) is 13.1 Å². The molecule has 2 fully saturated rings. The van der Waals surface area contributed by atoms with Gasteiger partial charge in [0.1, 0.15) is 5.75 Å². The van der Waals surface area contributed by atoms with Crippen LogP contribution >= 0.6 is 0 Å². The van der Waals surface area contributed by atoms with Crippen LogP contribution in [-0.2, 0) is 10.0 Å². The molecule has 1 saturated carbocycles. The molecule has 3 rings (SSSR count). The van der Waals surface area contributed by atoms with E-state index in [1.165, 1.54) is 4.31 Å². The quantitative estimate of drug-likeness (QED) is 0.840. The van der Waals surface area contributed by atoms with Gasteiger partial charge in [-0.05, 0) is 68.2 Å². The van der Waals surface area contributed by atoms with Gasteiger partial charge in [-0.3, -0.25) is 0 Å². The second kappa shape index (κ2) is 6.54. The largest absolute Gasteiger partial charge is 0.496 e. The smallest absolute Gasteiger partial charge is 0.243 e. The number of benzene rings is 1. The Morgan fingerprint density at radius 2 is 1.56 bits per heavy atom. The zero-order valence-electron chi connectivity index (χ0n) is 15.2. The van der Waals surface area contributed by atoms with E-state index in [9.17, 15) is 18.6 Å². The summed E-state index contributed by atoms with van der Waals surface area (Å²) in [6.45, 7) is 6.28. The molecule has 1 saturated heterocycles. The number of nitrogens with zero attached hydrogens (tertiary/aromatic N) is 1. The minimum absolute atomic E-state index is 0.105. The van der Waals surface area contributed by atoms with E-state index in [0.29, 0.717) is 47.7 Å².